The molecular weight excluding hydrogens is 376 g/mol. The molecule has 4 rings (SSSR count). The van der Waals surface area contributed by atoms with Crippen molar-refractivity contribution in [1.29, 1.82) is 0 Å². The van der Waals surface area contributed by atoms with E-state index in [0.717, 1.165) is 75.5 Å². The summed E-state index contributed by atoms with van der Waals surface area (Å²) in [7, 11) is 2.15. The summed E-state index contributed by atoms with van der Waals surface area (Å²) in [5, 5.41) is 0. The minimum Gasteiger partial charge on any atom is -0.379 e. The second-order valence-electron chi connectivity index (χ2n) is 8.37. The van der Waals surface area contributed by atoms with E-state index in [-0.39, 0.29) is 11.9 Å². The Balaban J connectivity index is 1.57. The van der Waals surface area contributed by atoms with Crippen LogP contribution in [-0.4, -0.2) is 78.1 Å². The maximum Gasteiger partial charge on any atom is 0.254 e. The van der Waals surface area contributed by atoms with Crippen molar-refractivity contribution < 1.29 is 9.53 Å². The third-order valence-electron chi connectivity index (χ3n) is 6.21. The summed E-state index contributed by atoms with van der Waals surface area (Å²) in [5.74, 6) is 0.136. The summed E-state index contributed by atoms with van der Waals surface area (Å²) >= 11 is 0. The van der Waals surface area contributed by atoms with Gasteiger partial charge in [0.15, 0.2) is 0 Å². The Morgan fingerprint density at radius 3 is 2.60 bits per heavy atom. The van der Waals surface area contributed by atoms with E-state index in [4.69, 9.17) is 4.74 Å². The smallest absolute Gasteiger partial charge is 0.254 e. The first-order chi connectivity index (χ1) is 14.7. The van der Waals surface area contributed by atoms with Crippen molar-refractivity contribution in [3.05, 3.63) is 65.5 Å². The number of hydrogen-bond donors (Lipinski definition) is 0. The fourth-order valence-electron chi connectivity index (χ4n) is 4.38. The lowest BCUT2D eigenvalue weighted by molar-refractivity contribution is 0.0338. The van der Waals surface area contributed by atoms with Gasteiger partial charge in [-0.1, -0.05) is 24.3 Å². The number of likely N-dealkylation sites (tertiary alicyclic amines) is 1. The molecule has 2 saturated heterocycles. The van der Waals surface area contributed by atoms with Crippen LogP contribution in [0.1, 0.15) is 34.3 Å². The lowest BCUT2D eigenvalue weighted by Crippen LogP contribution is -2.46. The van der Waals surface area contributed by atoms with Gasteiger partial charge in [-0.05, 0) is 56.2 Å². The predicted molar refractivity (Wildman–Crippen MR) is 117 cm³/mol. The first kappa shape index (κ1) is 21.0. The third kappa shape index (κ3) is 5.25. The van der Waals surface area contributed by atoms with Gasteiger partial charge in [0.2, 0.25) is 0 Å². The van der Waals surface area contributed by atoms with Gasteiger partial charge in [-0.2, -0.15) is 0 Å². The van der Waals surface area contributed by atoms with Crippen LogP contribution in [0.15, 0.2) is 48.8 Å². The minimum absolute atomic E-state index is 0.136. The number of aromatic nitrogens is 1. The SMILES string of the molecule is CN1CCC(N(Cc2cccnc2)C(=O)c2ccccc2CN2CCOCC2)CC1. The van der Waals surface area contributed by atoms with Gasteiger partial charge in [0.05, 0.1) is 13.2 Å². The molecule has 1 amide bonds. The fourth-order valence-corrected chi connectivity index (χ4v) is 4.38. The average Bonchev–Trinajstić information content (AvgIpc) is 2.79. The van der Waals surface area contributed by atoms with Crippen molar-refractivity contribution in [2.75, 3.05) is 46.4 Å². The van der Waals surface area contributed by atoms with Crippen LogP contribution in [-0.2, 0) is 17.8 Å². The van der Waals surface area contributed by atoms with Gasteiger partial charge < -0.3 is 14.5 Å². The monoisotopic (exact) mass is 408 g/mol. The highest BCUT2D eigenvalue weighted by Gasteiger charge is 2.29. The average molecular weight is 409 g/mol. The topological polar surface area (TPSA) is 48.9 Å². The number of hydrogen-bond acceptors (Lipinski definition) is 5. The molecule has 6 nitrogen and oxygen atoms in total. The highest BCUT2D eigenvalue weighted by molar-refractivity contribution is 5.96. The molecule has 3 heterocycles. The highest BCUT2D eigenvalue weighted by atomic mass is 16.5. The van der Waals surface area contributed by atoms with Crippen molar-refractivity contribution in [1.82, 2.24) is 19.7 Å². The van der Waals surface area contributed by atoms with Crippen molar-refractivity contribution in [3.63, 3.8) is 0 Å². The summed E-state index contributed by atoms with van der Waals surface area (Å²) in [4.78, 5) is 24.9. The molecule has 160 valence electrons. The van der Waals surface area contributed by atoms with Gasteiger partial charge in [-0.25, -0.2) is 0 Å². The summed E-state index contributed by atoms with van der Waals surface area (Å²) in [6.45, 7) is 6.80. The number of nitrogens with zero attached hydrogens (tertiary/aromatic N) is 4. The van der Waals surface area contributed by atoms with Gasteiger partial charge in [-0.3, -0.25) is 14.7 Å². The summed E-state index contributed by atoms with van der Waals surface area (Å²) < 4.78 is 5.48. The number of rotatable bonds is 6. The highest BCUT2D eigenvalue weighted by Crippen LogP contribution is 2.23. The number of pyridine rings is 1. The van der Waals surface area contributed by atoms with Crippen molar-refractivity contribution >= 4 is 5.91 Å². The van der Waals surface area contributed by atoms with Gasteiger partial charge in [0, 0.05) is 50.2 Å². The summed E-state index contributed by atoms with van der Waals surface area (Å²) in [6, 6.07) is 12.4. The van der Waals surface area contributed by atoms with Crippen LogP contribution in [0.2, 0.25) is 0 Å². The van der Waals surface area contributed by atoms with Crippen molar-refractivity contribution in [2.24, 2.45) is 0 Å². The molecule has 0 spiro atoms. The second-order valence-corrected chi connectivity index (χ2v) is 8.37. The summed E-state index contributed by atoms with van der Waals surface area (Å²) in [6.07, 6.45) is 5.67. The van der Waals surface area contributed by atoms with E-state index < -0.39 is 0 Å². The molecule has 2 fully saturated rings. The number of amides is 1. The van der Waals surface area contributed by atoms with Crippen LogP contribution >= 0.6 is 0 Å². The van der Waals surface area contributed by atoms with Gasteiger partial charge in [0.25, 0.3) is 5.91 Å². The number of carbonyl (C=O) groups excluding carboxylic acids is 1. The maximum atomic E-state index is 13.8. The van der Waals surface area contributed by atoms with Crippen LogP contribution < -0.4 is 0 Å². The van der Waals surface area contributed by atoms with E-state index in [2.05, 4.69) is 38.9 Å². The molecule has 0 atom stereocenters. The minimum atomic E-state index is 0.136. The standard InChI is InChI=1S/C24H32N4O2/c1-26-11-8-22(9-12-26)28(18-20-5-4-10-25-17-20)24(29)23-7-3-2-6-21(23)19-27-13-15-30-16-14-27/h2-7,10,17,22H,8-9,11-16,18-19H2,1H3. The molecular formula is C24H32N4O2. The molecule has 6 heteroatoms. The number of carbonyl (C=O) groups is 1. The molecule has 0 unspecified atom stereocenters. The molecule has 0 radical (unpaired) electrons. The normalized spacial score (nSPS) is 19.0. The van der Waals surface area contributed by atoms with Crippen molar-refractivity contribution in [3.8, 4) is 0 Å². The Bertz CT molecular complexity index is 815. The number of morpholine rings is 1. The fraction of sp³-hybridized carbons (Fsp3) is 0.500. The zero-order valence-corrected chi connectivity index (χ0v) is 17.9. The zero-order valence-electron chi connectivity index (χ0n) is 17.9. The van der Waals surface area contributed by atoms with E-state index in [9.17, 15) is 4.79 Å². The third-order valence-corrected chi connectivity index (χ3v) is 6.21. The van der Waals surface area contributed by atoms with Gasteiger partial charge in [0.1, 0.15) is 0 Å². The summed E-state index contributed by atoms with van der Waals surface area (Å²) in [5.41, 5.74) is 3.01. The molecule has 1 aromatic carbocycles. The van der Waals surface area contributed by atoms with Crippen molar-refractivity contribution in [2.45, 2.75) is 32.0 Å². The Labute approximate surface area is 179 Å². The lowest BCUT2D eigenvalue weighted by Gasteiger charge is -2.38. The Hall–Kier alpha value is -2.28. The number of benzene rings is 1. The van der Waals surface area contributed by atoms with E-state index >= 15 is 0 Å². The van der Waals surface area contributed by atoms with Crippen LogP contribution in [0, 0.1) is 0 Å². The number of piperidine rings is 1. The van der Waals surface area contributed by atoms with E-state index in [1.807, 2.05) is 30.5 Å². The van der Waals surface area contributed by atoms with E-state index in [0.29, 0.717) is 6.54 Å². The largest absolute Gasteiger partial charge is 0.379 e. The quantitative estimate of drug-likeness (QED) is 0.736. The van der Waals surface area contributed by atoms with Crippen LogP contribution in [0.5, 0.6) is 0 Å². The van der Waals surface area contributed by atoms with Crippen LogP contribution in [0.3, 0.4) is 0 Å². The molecule has 30 heavy (non-hydrogen) atoms. The first-order valence-electron chi connectivity index (χ1n) is 11.0. The maximum absolute atomic E-state index is 13.8. The molecule has 0 saturated carbocycles. The molecule has 1 aromatic heterocycles. The predicted octanol–water partition coefficient (Wildman–Crippen LogP) is 2.65. The zero-order chi connectivity index (χ0) is 20.8. The van der Waals surface area contributed by atoms with E-state index in [1.54, 1.807) is 6.20 Å². The van der Waals surface area contributed by atoms with Gasteiger partial charge in [-0.15, -0.1) is 0 Å². The Morgan fingerprint density at radius 1 is 1.10 bits per heavy atom. The van der Waals surface area contributed by atoms with Gasteiger partial charge >= 0.3 is 0 Å². The van der Waals surface area contributed by atoms with Crippen LogP contribution in [0.25, 0.3) is 0 Å². The number of ether oxygens (including phenoxy) is 1. The molecule has 0 N–H and O–H groups in total. The lowest BCUT2D eigenvalue weighted by atomic mass is 9.99. The molecule has 0 aliphatic carbocycles. The molecule has 2 aliphatic heterocycles. The Morgan fingerprint density at radius 2 is 1.87 bits per heavy atom. The molecule has 2 aliphatic rings. The first-order valence-corrected chi connectivity index (χ1v) is 11.0. The second kappa shape index (κ2) is 10.2. The Kier molecular flexibility index (Phi) is 7.10. The van der Waals surface area contributed by atoms with E-state index in [1.165, 1.54) is 0 Å². The molecule has 0 bridgehead atoms. The molecule has 2 aromatic rings. The van der Waals surface area contributed by atoms with Crippen LogP contribution in [0.4, 0.5) is 0 Å².